The number of nitrogens with zero attached hydrogens (tertiary/aromatic N) is 3. The van der Waals surface area contributed by atoms with Gasteiger partial charge in [0.25, 0.3) is 5.91 Å². The Hall–Kier alpha value is -1.40. The average molecular weight is 305 g/mol. The van der Waals surface area contributed by atoms with Gasteiger partial charge in [-0.3, -0.25) is 9.48 Å². The smallest absolute Gasteiger partial charge is 0.272 e. The highest BCUT2D eigenvalue weighted by Crippen LogP contribution is 2.37. The molecule has 22 heavy (non-hydrogen) atoms. The zero-order valence-corrected chi connectivity index (χ0v) is 13.0. The Kier molecular flexibility index (Phi) is 3.46. The zero-order valence-electron chi connectivity index (χ0n) is 13.0. The quantitative estimate of drug-likeness (QED) is 0.839. The molecule has 2 saturated heterocycles. The van der Waals surface area contributed by atoms with E-state index in [2.05, 4.69) is 5.10 Å². The van der Waals surface area contributed by atoms with E-state index in [1.54, 1.807) is 24.0 Å². The molecule has 0 N–H and O–H groups in total. The molecule has 2 aliphatic heterocycles. The Bertz CT molecular complexity index is 561. The predicted octanol–water partition coefficient (Wildman–Crippen LogP) is 1.22. The maximum absolute atomic E-state index is 12.4. The summed E-state index contributed by atoms with van der Waals surface area (Å²) < 4.78 is 13.6. The van der Waals surface area contributed by atoms with Crippen LogP contribution < -0.4 is 0 Å². The summed E-state index contributed by atoms with van der Waals surface area (Å²) in [4.78, 5) is 14.3. The van der Waals surface area contributed by atoms with Crippen LogP contribution in [0.5, 0.6) is 0 Å². The van der Waals surface area contributed by atoms with Crippen LogP contribution in [0.1, 0.15) is 36.2 Å². The summed E-state index contributed by atoms with van der Waals surface area (Å²) in [6.07, 6.45) is 6.48. The lowest BCUT2D eigenvalue weighted by Crippen LogP contribution is -2.67. The van der Waals surface area contributed by atoms with Gasteiger partial charge in [0.2, 0.25) is 0 Å². The number of amides is 1. The summed E-state index contributed by atoms with van der Waals surface area (Å²) in [5.74, 6) is 0.832. The average Bonchev–Trinajstić information content (AvgIpc) is 3.22. The van der Waals surface area contributed by atoms with Crippen LogP contribution in [0.4, 0.5) is 0 Å². The standard InChI is InChI=1S/C16H23N3O3/c1-18-14(4-6-17-18)15(20)19-10-16(11-19)8-13(5-7-22-16)21-9-12-2-3-12/h4,6,12-13H,2-3,5,7-11H2,1H3. The van der Waals surface area contributed by atoms with Gasteiger partial charge < -0.3 is 14.4 Å². The summed E-state index contributed by atoms with van der Waals surface area (Å²) in [5.41, 5.74) is 0.452. The molecule has 3 aliphatic rings. The summed E-state index contributed by atoms with van der Waals surface area (Å²) in [6, 6.07) is 1.76. The molecule has 6 heteroatoms. The Labute approximate surface area is 130 Å². The number of likely N-dealkylation sites (tertiary alicyclic amines) is 1. The highest BCUT2D eigenvalue weighted by Gasteiger charge is 2.50. The Morgan fingerprint density at radius 2 is 2.27 bits per heavy atom. The molecule has 1 saturated carbocycles. The number of hydrogen-bond acceptors (Lipinski definition) is 4. The second-order valence-corrected chi connectivity index (χ2v) is 6.92. The van der Waals surface area contributed by atoms with Crippen LogP contribution in [0.3, 0.4) is 0 Å². The van der Waals surface area contributed by atoms with Gasteiger partial charge in [-0.05, 0) is 31.2 Å². The second kappa shape index (κ2) is 5.35. The van der Waals surface area contributed by atoms with Crippen molar-refractivity contribution in [1.29, 1.82) is 0 Å². The highest BCUT2D eigenvalue weighted by atomic mass is 16.5. The van der Waals surface area contributed by atoms with Gasteiger partial charge in [0.15, 0.2) is 0 Å². The van der Waals surface area contributed by atoms with Gasteiger partial charge in [-0.25, -0.2) is 0 Å². The lowest BCUT2D eigenvalue weighted by Gasteiger charge is -2.52. The van der Waals surface area contributed by atoms with Gasteiger partial charge in [0.1, 0.15) is 11.3 Å². The molecule has 1 aromatic rings. The van der Waals surface area contributed by atoms with Gasteiger partial charge >= 0.3 is 0 Å². The van der Waals surface area contributed by atoms with Crippen molar-refractivity contribution >= 4 is 5.91 Å². The summed E-state index contributed by atoms with van der Waals surface area (Å²) >= 11 is 0. The molecule has 120 valence electrons. The minimum atomic E-state index is -0.180. The number of aromatic nitrogens is 2. The molecular weight excluding hydrogens is 282 g/mol. The van der Waals surface area contributed by atoms with Crippen molar-refractivity contribution in [2.45, 2.75) is 37.4 Å². The Morgan fingerprint density at radius 3 is 2.95 bits per heavy atom. The lowest BCUT2D eigenvalue weighted by atomic mass is 9.84. The first-order chi connectivity index (χ1) is 10.7. The molecule has 1 aliphatic carbocycles. The van der Waals surface area contributed by atoms with E-state index < -0.39 is 0 Å². The van der Waals surface area contributed by atoms with Crippen LogP contribution in [0, 0.1) is 5.92 Å². The van der Waals surface area contributed by atoms with Crippen LogP contribution >= 0.6 is 0 Å². The first-order valence-corrected chi connectivity index (χ1v) is 8.18. The van der Waals surface area contributed by atoms with E-state index in [4.69, 9.17) is 9.47 Å². The van der Waals surface area contributed by atoms with Crippen LogP contribution in [0.15, 0.2) is 12.3 Å². The number of ether oxygens (including phenoxy) is 2. The minimum absolute atomic E-state index is 0.0373. The fraction of sp³-hybridized carbons (Fsp3) is 0.750. The van der Waals surface area contributed by atoms with Gasteiger partial charge in [0.05, 0.1) is 19.2 Å². The Morgan fingerprint density at radius 1 is 1.45 bits per heavy atom. The molecule has 0 radical (unpaired) electrons. The number of aryl methyl sites for hydroxylation is 1. The molecule has 1 aromatic heterocycles. The molecule has 3 heterocycles. The normalized spacial score (nSPS) is 27.0. The second-order valence-electron chi connectivity index (χ2n) is 6.92. The SMILES string of the molecule is Cn1nccc1C(=O)N1CC2(CC(OCC3CC3)CCO2)C1. The van der Waals surface area contributed by atoms with E-state index in [0.29, 0.717) is 24.9 Å². The van der Waals surface area contributed by atoms with Crippen molar-refractivity contribution in [1.82, 2.24) is 14.7 Å². The van der Waals surface area contributed by atoms with Crippen LogP contribution in [0.2, 0.25) is 0 Å². The van der Waals surface area contributed by atoms with E-state index in [0.717, 1.165) is 32.0 Å². The maximum Gasteiger partial charge on any atom is 0.272 e. The van der Waals surface area contributed by atoms with Crippen LogP contribution in [-0.2, 0) is 16.5 Å². The monoisotopic (exact) mass is 305 g/mol. The van der Waals surface area contributed by atoms with E-state index in [1.165, 1.54) is 12.8 Å². The molecular formula is C16H23N3O3. The van der Waals surface area contributed by atoms with Gasteiger partial charge in [-0.2, -0.15) is 5.10 Å². The molecule has 1 atom stereocenters. The fourth-order valence-electron chi connectivity index (χ4n) is 3.44. The van der Waals surface area contributed by atoms with Crippen molar-refractivity contribution in [2.24, 2.45) is 13.0 Å². The number of rotatable bonds is 4. The molecule has 1 amide bonds. The molecule has 1 unspecified atom stereocenters. The van der Waals surface area contributed by atoms with E-state index in [1.807, 2.05) is 4.90 Å². The van der Waals surface area contributed by atoms with Gasteiger partial charge in [-0.1, -0.05) is 0 Å². The summed E-state index contributed by atoms with van der Waals surface area (Å²) in [6.45, 7) is 2.97. The summed E-state index contributed by atoms with van der Waals surface area (Å²) in [5, 5.41) is 4.06. The maximum atomic E-state index is 12.4. The highest BCUT2D eigenvalue weighted by molar-refractivity contribution is 5.93. The first-order valence-electron chi connectivity index (χ1n) is 8.18. The molecule has 1 spiro atoms. The van der Waals surface area contributed by atoms with E-state index in [-0.39, 0.29) is 11.5 Å². The van der Waals surface area contributed by atoms with Crippen molar-refractivity contribution in [2.75, 3.05) is 26.3 Å². The first kappa shape index (κ1) is 14.2. The number of hydrogen-bond donors (Lipinski definition) is 0. The van der Waals surface area contributed by atoms with Crippen LogP contribution in [-0.4, -0.2) is 58.6 Å². The van der Waals surface area contributed by atoms with E-state index in [9.17, 15) is 4.79 Å². The van der Waals surface area contributed by atoms with Crippen molar-refractivity contribution < 1.29 is 14.3 Å². The number of carbonyl (C=O) groups is 1. The molecule has 0 aromatic carbocycles. The third-order valence-corrected chi connectivity index (χ3v) is 5.00. The topological polar surface area (TPSA) is 56.6 Å². The minimum Gasteiger partial charge on any atom is -0.378 e. The summed E-state index contributed by atoms with van der Waals surface area (Å²) in [7, 11) is 1.79. The van der Waals surface area contributed by atoms with Crippen LogP contribution in [0.25, 0.3) is 0 Å². The Balaban J connectivity index is 1.32. The van der Waals surface area contributed by atoms with E-state index >= 15 is 0 Å². The molecule has 4 rings (SSSR count). The largest absolute Gasteiger partial charge is 0.378 e. The third-order valence-electron chi connectivity index (χ3n) is 5.00. The van der Waals surface area contributed by atoms with Gasteiger partial charge in [-0.15, -0.1) is 0 Å². The predicted molar refractivity (Wildman–Crippen MR) is 79.5 cm³/mol. The number of carbonyl (C=O) groups excluding carboxylic acids is 1. The van der Waals surface area contributed by atoms with Crippen molar-refractivity contribution in [3.63, 3.8) is 0 Å². The lowest BCUT2D eigenvalue weighted by molar-refractivity contribution is -0.186. The van der Waals surface area contributed by atoms with Gasteiger partial charge in [0, 0.05) is 32.9 Å². The van der Waals surface area contributed by atoms with Crippen molar-refractivity contribution in [3.8, 4) is 0 Å². The zero-order chi connectivity index (χ0) is 15.2. The van der Waals surface area contributed by atoms with Crippen molar-refractivity contribution in [3.05, 3.63) is 18.0 Å². The fourth-order valence-corrected chi connectivity index (χ4v) is 3.44. The molecule has 3 fully saturated rings. The molecule has 0 bridgehead atoms. The molecule has 6 nitrogen and oxygen atoms in total. The third kappa shape index (κ3) is 2.65.